The van der Waals surface area contributed by atoms with Gasteiger partial charge in [-0.25, -0.2) is 0 Å². The van der Waals surface area contributed by atoms with Crippen LogP contribution >= 0.6 is 0 Å². The molecule has 7 heavy (non-hydrogen) atoms. The first-order chi connectivity index (χ1) is 3.31. The van der Waals surface area contributed by atoms with Crippen molar-refractivity contribution in [2.24, 2.45) is 5.73 Å². The predicted molar refractivity (Wildman–Crippen MR) is 31.6 cm³/mol. The highest BCUT2D eigenvalue weighted by Crippen LogP contribution is 1.75. The molecule has 2 heteroatoms. The third-order valence-electron chi connectivity index (χ3n) is 0.692. The normalized spacial score (nSPS) is 10.1. The van der Waals surface area contributed by atoms with E-state index < -0.39 is 0 Å². The summed E-state index contributed by atoms with van der Waals surface area (Å²) in [6.45, 7) is 2.55. The highest BCUT2D eigenvalue weighted by Gasteiger charge is 1.76. The quantitative estimate of drug-likeness (QED) is 0.508. The first-order valence-corrected chi connectivity index (χ1v) is 2.34. The lowest BCUT2D eigenvalue weighted by atomic mass is 10.6. The van der Waals surface area contributed by atoms with Crippen molar-refractivity contribution < 1.29 is 0 Å². The molecular weight excluding hydrogens is 88.1 g/mol. The van der Waals surface area contributed by atoms with Gasteiger partial charge in [0.2, 0.25) is 0 Å². The maximum atomic E-state index is 5.23. The molecule has 0 aliphatic carbocycles. The van der Waals surface area contributed by atoms with Crippen molar-refractivity contribution in [2.45, 2.75) is 6.92 Å². The summed E-state index contributed by atoms with van der Waals surface area (Å²) >= 11 is 0. The van der Waals surface area contributed by atoms with Crippen molar-refractivity contribution in [1.82, 2.24) is 4.90 Å². The van der Waals surface area contributed by atoms with Gasteiger partial charge in [-0.1, -0.05) is 6.08 Å². The predicted octanol–water partition coefficient (Wildman–Crippen LogP) is 0.368. The van der Waals surface area contributed by atoms with Crippen LogP contribution in [0.2, 0.25) is 0 Å². The first kappa shape index (κ1) is 6.50. The lowest BCUT2D eigenvalue weighted by Gasteiger charge is -2.07. The monoisotopic (exact) mass is 100 g/mol. The molecule has 42 valence electrons. The second-order valence-electron chi connectivity index (χ2n) is 1.42. The van der Waals surface area contributed by atoms with E-state index in [9.17, 15) is 0 Å². The zero-order valence-corrected chi connectivity index (χ0v) is 4.89. The van der Waals surface area contributed by atoms with Crippen LogP contribution in [0.4, 0.5) is 0 Å². The Bertz CT molecular complexity index is 59.1. The summed E-state index contributed by atoms with van der Waals surface area (Å²) in [5, 5.41) is 0. The van der Waals surface area contributed by atoms with Crippen molar-refractivity contribution in [3.05, 3.63) is 12.3 Å². The molecule has 0 aromatic rings. The molecule has 0 saturated carbocycles. The van der Waals surface area contributed by atoms with Crippen molar-refractivity contribution in [1.29, 1.82) is 0 Å². The van der Waals surface area contributed by atoms with Crippen molar-refractivity contribution in [3.8, 4) is 0 Å². The highest BCUT2D eigenvalue weighted by molar-refractivity contribution is 4.73. The molecule has 0 fully saturated rings. The maximum Gasteiger partial charge on any atom is 0.0648 e. The average molecular weight is 100 g/mol. The fourth-order valence-corrected chi connectivity index (χ4v) is 0.315. The van der Waals surface area contributed by atoms with Gasteiger partial charge in [-0.05, 0) is 13.1 Å². The first-order valence-electron chi connectivity index (χ1n) is 2.34. The van der Waals surface area contributed by atoms with Crippen molar-refractivity contribution >= 4 is 0 Å². The van der Waals surface area contributed by atoms with E-state index in [1.54, 1.807) is 0 Å². The topological polar surface area (TPSA) is 29.3 Å². The summed E-state index contributed by atoms with van der Waals surface area (Å²) in [4.78, 5) is 1.90. The largest absolute Gasteiger partial charge is 0.368 e. The smallest absolute Gasteiger partial charge is 0.0648 e. The Balaban J connectivity index is 3.16. The molecule has 0 atom stereocenters. The summed E-state index contributed by atoms with van der Waals surface area (Å²) in [5.74, 6) is 0. The van der Waals surface area contributed by atoms with Gasteiger partial charge >= 0.3 is 0 Å². The summed E-state index contributed by atoms with van der Waals surface area (Å²) in [6, 6.07) is 0. The Morgan fingerprint density at radius 2 is 2.29 bits per heavy atom. The van der Waals surface area contributed by atoms with Crippen LogP contribution in [0.5, 0.6) is 0 Å². The molecule has 0 aliphatic heterocycles. The van der Waals surface area contributed by atoms with Crippen LogP contribution in [0.15, 0.2) is 12.3 Å². The molecular formula is C5H12N2. The lowest BCUT2D eigenvalue weighted by Crippen LogP contribution is -2.19. The molecule has 0 radical (unpaired) electrons. The second kappa shape index (κ2) is 3.68. The van der Waals surface area contributed by atoms with Crippen LogP contribution in [0, 0.1) is 0 Å². The van der Waals surface area contributed by atoms with E-state index in [2.05, 4.69) is 0 Å². The number of hydrogen-bond donors (Lipinski definition) is 1. The van der Waals surface area contributed by atoms with Crippen LogP contribution in [0.1, 0.15) is 6.92 Å². The Kier molecular flexibility index (Phi) is 3.42. The third kappa shape index (κ3) is 3.33. The van der Waals surface area contributed by atoms with Crippen LogP contribution in [-0.4, -0.2) is 18.6 Å². The van der Waals surface area contributed by atoms with Gasteiger partial charge in [-0.3, -0.25) is 0 Å². The third-order valence-corrected chi connectivity index (χ3v) is 0.692. The van der Waals surface area contributed by atoms with E-state index in [4.69, 9.17) is 5.73 Å². The molecule has 0 aromatic carbocycles. The molecule has 0 spiro atoms. The fraction of sp³-hybridized carbons (Fsp3) is 0.600. The fourth-order valence-electron chi connectivity index (χ4n) is 0.315. The number of nitrogens with zero attached hydrogens (tertiary/aromatic N) is 1. The summed E-state index contributed by atoms with van der Waals surface area (Å²) in [6.07, 6.45) is 3.88. The number of nitrogens with two attached hydrogens (primary N) is 1. The highest BCUT2D eigenvalue weighted by atomic mass is 15.1. The van der Waals surface area contributed by atoms with Gasteiger partial charge in [0.05, 0.1) is 6.67 Å². The van der Waals surface area contributed by atoms with Gasteiger partial charge in [0.25, 0.3) is 0 Å². The summed E-state index contributed by atoms with van der Waals surface area (Å²) < 4.78 is 0. The number of rotatable bonds is 2. The minimum absolute atomic E-state index is 0.588. The van der Waals surface area contributed by atoms with E-state index in [-0.39, 0.29) is 0 Å². The molecule has 0 bridgehead atoms. The molecule has 0 heterocycles. The van der Waals surface area contributed by atoms with Gasteiger partial charge in [0, 0.05) is 7.05 Å². The molecule has 2 nitrogen and oxygen atoms in total. The van der Waals surface area contributed by atoms with E-state index in [1.807, 2.05) is 31.1 Å². The Morgan fingerprint density at radius 1 is 1.71 bits per heavy atom. The maximum absolute atomic E-state index is 5.23. The van der Waals surface area contributed by atoms with E-state index in [1.165, 1.54) is 0 Å². The molecule has 0 amide bonds. The van der Waals surface area contributed by atoms with Gasteiger partial charge in [-0.2, -0.15) is 0 Å². The summed E-state index contributed by atoms with van der Waals surface area (Å²) in [5.41, 5.74) is 5.23. The Hall–Kier alpha value is -0.500. The minimum atomic E-state index is 0.588. The SMILES string of the molecule is C/C=C\N(C)CN. The van der Waals surface area contributed by atoms with Crippen molar-refractivity contribution in [2.75, 3.05) is 13.7 Å². The molecule has 0 rings (SSSR count). The Morgan fingerprint density at radius 3 is 2.43 bits per heavy atom. The molecule has 0 aromatic heterocycles. The Labute approximate surface area is 44.6 Å². The number of allylic oxidation sites excluding steroid dienone is 1. The van der Waals surface area contributed by atoms with Gasteiger partial charge in [0.1, 0.15) is 0 Å². The van der Waals surface area contributed by atoms with E-state index >= 15 is 0 Å². The minimum Gasteiger partial charge on any atom is -0.368 e. The summed E-state index contributed by atoms with van der Waals surface area (Å²) in [7, 11) is 1.93. The zero-order valence-electron chi connectivity index (χ0n) is 4.89. The molecule has 0 saturated heterocycles. The second-order valence-corrected chi connectivity index (χ2v) is 1.42. The van der Waals surface area contributed by atoms with Crippen LogP contribution < -0.4 is 5.73 Å². The number of hydrogen-bond acceptors (Lipinski definition) is 2. The standard InChI is InChI=1S/C5H12N2/c1-3-4-7(2)5-6/h3-4H,5-6H2,1-2H3/b4-3-. The molecule has 0 unspecified atom stereocenters. The molecule has 2 N–H and O–H groups in total. The van der Waals surface area contributed by atoms with Gasteiger partial charge < -0.3 is 10.6 Å². The van der Waals surface area contributed by atoms with Crippen LogP contribution in [0.3, 0.4) is 0 Å². The van der Waals surface area contributed by atoms with Crippen molar-refractivity contribution in [3.63, 3.8) is 0 Å². The van der Waals surface area contributed by atoms with Gasteiger partial charge in [-0.15, -0.1) is 0 Å². The van der Waals surface area contributed by atoms with Gasteiger partial charge in [0.15, 0.2) is 0 Å². The van der Waals surface area contributed by atoms with E-state index in [0.717, 1.165) is 0 Å². The average Bonchev–Trinajstić information content (AvgIpc) is 1.68. The van der Waals surface area contributed by atoms with E-state index in [0.29, 0.717) is 6.67 Å². The zero-order chi connectivity index (χ0) is 5.70. The van der Waals surface area contributed by atoms with Crippen LogP contribution in [-0.2, 0) is 0 Å². The lowest BCUT2D eigenvalue weighted by molar-refractivity contribution is 0.471. The van der Waals surface area contributed by atoms with Crippen LogP contribution in [0.25, 0.3) is 0 Å². The molecule has 0 aliphatic rings.